The lowest BCUT2D eigenvalue weighted by Gasteiger charge is -2.11. The van der Waals surface area contributed by atoms with E-state index in [1.807, 2.05) is 0 Å². The van der Waals surface area contributed by atoms with E-state index in [4.69, 9.17) is 9.47 Å². The van der Waals surface area contributed by atoms with Crippen molar-refractivity contribution in [1.82, 2.24) is 14.6 Å². The minimum absolute atomic E-state index is 0.123. The van der Waals surface area contributed by atoms with Crippen molar-refractivity contribution in [3.05, 3.63) is 46.4 Å². The number of nitrogens with zero attached hydrogens (tertiary/aromatic N) is 2. The molecular weight excluding hydrogens is 308 g/mol. The maximum absolute atomic E-state index is 13.3. The zero-order valence-electron chi connectivity index (χ0n) is 12.3. The molecule has 0 saturated carbocycles. The van der Waals surface area contributed by atoms with Gasteiger partial charge in [-0.2, -0.15) is 0 Å². The topological polar surface area (TPSA) is 68.6 Å². The zero-order chi connectivity index (χ0) is 16.6. The van der Waals surface area contributed by atoms with Crippen molar-refractivity contribution in [1.29, 1.82) is 0 Å². The fourth-order valence-electron chi connectivity index (χ4n) is 2.32. The summed E-state index contributed by atoms with van der Waals surface area (Å²) in [6.45, 7) is 0. The Morgan fingerprint density at radius 2 is 1.87 bits per heavy atom. The standard InChI is InChI=1S/C15H13F2N3O3/c1-22-11-4-3-8(5-12(11)23-2)9-6-10(15(16)17)20-13(18-9)7-14(21)19-20/h3-7,15H,1-2H3,(H,19,21). The number of halogens is 2. The summed E-state index contributed by atoms with van der Waals surface area (Å²) in [5.41, 5.74) is 0.157. The van der Waals surface area contributed by atoms with Crippen molar-refractivity contribution in [2.75, 3.05) is 14.2 Å². The predicted molar refractivity (Wildman–Crippen MR) is 79.3 cm³/mol. The van der Waals surface area contributed by atoms with Gasteiger partial charge in [-0.1, -0.05) is 0 Å². The van der Waals surface area contributed by atoms with Crippen LogP contribution in [0.5, 0.6) is 11.5 Å². The lowest BCUT2D eigenvalue weighted by molar-refractivity contribution is 0.143. The van der Waals surface area contributed by atoms with Gasteiger partial charge in [-0.15, -0.1) is 0 Å². The first-order chi connectivity index (χ1) is 11.0. The number of aromatic nitrogens is 3. The number of aromatic amines is 1. The van der Waals surface area contributed by atoms with E-state index < -0.39 is 12.0 Å². The molecule has 0 bridgehead atoms. The average molecular weight is 321 g/mol. The molecule has 0 aliphatic rings. The molecule has 0 spiro atoms. The van der Waals surface area contributed by atoms with Crippen LogP contribution in [-0.4, -0.2) is 28.8 Å². The smallest absolute Gasteiger partial charge is 0.280 e. The molecule has 0 fully saturated rings. The number of alkyl halides is 2. The van der Waals surface area contributed by atoms with Gasteiger partial charge in [0, 0.05) is 11.6 Å². The van der Waals surface area contributed by atoms with Gasteiger partial charge in [0.2, 0.25) is 0 Å². The van der Waals surface area contributed by atoms with Crippen LogP contribution < -0.4 is 15.0 Å². The van der Waals surface area contributed by atoms with Crippen LogP contribution in [-0.2, 0) is 0 Å². The lowest BCUT2D eigenvalue weighted by Crippen LogP contribution is -2.05. The number of benzene rings is 1. The fraction of sp³-hybridized carbons (Fsp3) is 0.200. The van der Waals surface area contributed by atoms with Gasteiger partial charge in [-0.25, -0.2) is 18.3 Å². The summed E-state index contributed by atoms with van der Waals surface area (Å²) >= 11 is 0. The number of hydrogen-bond acceptors (Lipinski definition) is 4. The number of rotatable bonds is 4. The largest absolute Gasteiger partial charge is 0.493 e. The molecular formula is C15H13F2N3O3. The van der Waals surface area contributed by atoms with Crippen molar-refractivity contribution in [2.45, 2.75) is 6.43 Å². The molecule has 0 aliphatic heterocycles. The maximum atomic E-state index is 13.3. The van der Waals surface area contributed by atoms with Crippen LogP contribution in [0.2, 0.25) is 0 Å². The number of hydrogen-bond donors (Lipinski definition) is 1. The van der Waals surface area contributed by atoms with Gasteiger partial charge in [-0.05, 0) is 24.3 Å². The van der Waals surface area contributed by atoms with E-state index in [1.54, 1.807) is 18.2 Å². The molecule has 2 heterocycles. The zero-order valence-corrected chi connectivity index (χ0v) is 12.3. The van der Waals surface area contributed by atoms with Gasteiger partial charge < -0.3 is 9.47 Å². The van der Waals surface area contributed by atoms with Gasteiger partial charge in [0.05, 0.1) is 19.9 Å². The number of ether oxygens (including phenoxy) is 2. The van der Waals surface area contributed by atoms with Crippen LogP contribution in [0.25, 0.3) is 16.9 Å². The van der Waals surface area contributed by atoms with Gasteiger partial charge >= 0.3 is 0 Å². The Balaban J connectivity index is 2.22. The van der Waals surface area contributed by atoms with E-state index in [0.717, 1.165) is 10.6 Å². The Morgan fingerprint density at radius 3 is 2.52 bits per heavy atom. The van der Waals surface area contributed by atoms with E-state index in [0.29, 0.717) is 22.8 Å². The second kappa shape index (κ2) is 5.71. The normalized spacial score (nSPS) is 11.2. The molecule has 3 rings (SSSR count). The Morgan fingerprint density at radius 1 is 1.13 bits per heavy atom. The van der Waals surface area contributed by atoms with Crippen LogP contribution in [0, 0.1) is 0 Å². The molecule has 2 aromatic heterocycles. The van der Waals surface area contributed by atoms with Crippen molar-refractivity contribution >= 4 is 5.65 Å². The quantitative estimate of drug-likeness (QED) is 0.802. The molecule has 3 aromatic rings. The molecule has 0 saturated heterocycles. The minimum Gasteiger partial charge on any atom is -0.493 e. The first-order valence-electron chi connectivity index (χ1n) is 6.66. The Hall–Kier alpha value is -2.90. The molecule has 0 aliphatic carbocycles. The van der Waals surface area contributed by atoms with Gasteiger partial charge in [-0.3, -0.25) is 9.89 Å². The highest BCUT2D eigenvalue weighted by Crippen LogP contribution is 2.32. The SMILES string of the molecule is COc1ccc(-c2cc(C(F)F)n3[nH]c(=O)cc3n2)cc1OC. The Labute approximate surface area is 129 Å². The molecule has 0 radical (unpaired) electrons. The highest BCUT2D eigenvalue weighted by Gasteiger charge is 2.17. The van der Waals surface area contributed by atoms with E-state index in [1.165, 1.54) is 20.3 Å². The van der Waals surface area contributed by atoms with E-state index in [9.17, 15) is 13.6 Å². The first kappa shape index (κ1) is 15.0. The van der Waals surface area contributed by atoms with Crippen LogP contribution >= 0.6 is 0 Å². The number of nitrogens with one attached hydrogen (secondary N) is 1. The second-order valence-corrected chi connectivity index (χ2v) is 4.75. The van der Waals surface area contributed by atoms with E-state index in [2.05, 4.69) is 10.1 Å². The lowest BCUT2D eigenvalue weighted by atomic mass is 10.1. The molecule has 23 heavy (non-hydrogen) atoms. The van der Waals surface area contributed by atoms with Crippen molar-refractivity contribution in [3.63, 3.8) is 0 Å². The number of methoxy groups -OCH3 is 2. The van der Waals surface area contributed by atoms with Gasteiger partial charge in [0.25, 0.3) is 12.0 Å². The molecule has 1 N–H and O–H groups in total. The minimum atomic E-state index is -2.76. The van der Waals surface area contributed by atoms with E-state index >= 15 is 0 Å². The van der Waals surface area contributed by atoms with Gasteiger partial charge in [0.15, 0.2) is 17.1 Å². The van der Waals surface area contributed by atoms with Gasteiger partial charge in [0.1, 0.15) is 5.69 Å². The van der Waals surface area contributed by atoms with E-state index in [-0.39, 0.29) is 11.3 Å². The van der Waals surface area contributed by atoms with Crippen LogP contribution in [0.15, 0.2) is 35.1 Å². The average Bonchev–Trinajstić information content (AvgIpc) is 2.92. The first-order valence-corrected chi connectivity index (χ1v) is 6.66. The Kier molecular flexibility index (Phi) is 3.73. The summed E-state index contributed by atoms with van der Waals surface area (Å²) in [6.07, 6.45) is -2.76. The highest BCUT2D eigenvalue weighted by atomic mass is 19.3. The third-order valence-corrected chi connectivity index (χ3v) is 3.39. The summed E-state index contributed by atoms with van der Waals surface area (Å²) in [4.78, 5) is 15.6. The summed E-state index contributed by atoms with van der Waals surface area (Å²) in [6, 6.07) is 7.37. The fourth-order valence-corrected chi connectivity index (χ4v) is 2.32. The molecule has 0 amide bonds. The van der Waals surface area contributed by atoms with Crippen LogP contribution in [0.4, 0.5) is 8.78 Å². The molecule has 120 valence electrons. The van der Waals surface area contributed by atoms with Crippen molar-refractivity contribution in [2.24, 2.45) is 0 Å². The number of fused-ring (bicyclic) bond motifs is 1. The summed E-state index contributed by atoms with van der Waals surface area (Å²) in [5, 5.41) is 2.30. The molecule has 6 nitrogen and oxygen atoms in total. The second-order valence-electron chi connectivity index (χ2n) is 4.75. The van der Waals surface area contributed by atoms with Crippen LogP contribution in [0.1, 0.15) is 12.1 Å². The third kappa shape index (κ3) is 2.63. The summed E-state index contributed by atoms with van der Waals surface area (Å²) < 4.78 is 37.8. The maximum Gasteiger partial charge on any atom is 0.280 e. The third-order valence-electron chi connectivity index (χ3n) is 3.39. The highest BCUT2D eigenvalue weighted by molar-refractivity contribution is 5.66. The number of H-pyrrole nitrogens is 1. The summed E-state index contributed by atoms with van der Waals surface area (Å²) in [7, 11) is 2.98. The van der Waals surface area contributed by atoms with Crippen LogP contribution in [0.3, 0.4) is 0 Å². The summed E-state index contributed by atoms with van der Waals surface area (Å²) in [5.74, 6) is 0.973. The Bertz CT molecular complexity index is 918. The molecule has 8 heteroatoms. The molecule has 0 atom stereocenters. The predicted octanol–water partition coefficient (Wildman–Crippen LogP) is 2.64. The van der Waals surface area contributed by atoms with Crippen molar-refractivity contribution < 1.29 is 18.3 Å². The van der Waals surface area contributed by atoms with Crippen molar-refractivity contribution in [3.8, 4) is 22.8 Å². The monoisotopic (exact) mass is 321 g/mol. The molecule has 0 unspecified atom stereocenters. The molecule has 1 aromatic carbocycles.